The molecule has 2 unspecified atom stereocenters. The van der Waals surface area contributed by atoms with Crippen molar-refractivity contribution < 1.29 is 24.5 Å². The van der Waals surface area contributed by atoms with E-state index in [2.05, 4.69) is 31.3 Å². The first kappa shape index (κ1) is 50.3. The molecule has 0 fully saturated rings. The minimum absolute atomic E-state index is 0.0319. The van der Waals surface area contributed by atoms with Crippen molar-refractivity contribution >= 4 is 11.9 Å². The van der Waals surface area contributed by atoms with E-state index < -0.39 is 12.1 Å². The molecule has 0 heterocycles. The molecule has 0 saturated carbocycles. The molecular formula is C46H87NO5. The van der Waals surface area contributed by atoms with Gasteiger partial charge in [0.05, 0.1) is 25.4 Å². The fraction of sp³-hybridized carbons (Fsp3) is 0.870. The van der Waals surface area contributed by atoms with Gasteiger partial charge in [0, 0.05) is 12.8 Å². The summed E-state index contributed by atoms with van der Waals surface area (Å²) in [5.41, 5.74) is 0. The van der Waals surface area contributed by atoms with Crippen molar-refractivity contribution in [1.82, 2.24) is 5.32 Å². The van der Waals surface area contributed by atoms with E-state index >= 15 is 0 Å². The number of carbonyl (C=O) groups excluding carboxylic acids is 2. The molecule has 0 aromatic rings. The number of hydrogen-bond acceptors (Lipinski definition) is 5. The Bertz CT molecular complexity index is 813. The average molecular weight is 734 g/mol. The fourth-order valence-electron chi connectivity index (χ4n) is 6.68. The Balaban J connectivity index is 3.54. The molecule has 0 aliphatic carbocycles. The molecule has 0 aliphatic rings. The second-order valence-corrected chi connectivity index (χ2v) is 15.4. The predicted octanol–water partition coefficient (Wildman–Crippen LogP) is 12.8. The second kappa shape index (κ2) is 42.1. The molecule has 1 amide bonds. The maximum absolute atomic E-state index is 12.3. The summed E-state index contributed by atoms with van der Waals surface area (Å²) in [5, 5.41) is 22.9. The average Bonchev–Trinajstić information content (AvgIpc) is 3.14. The molecule has 0 aromatic heterocycles. The van der Waals surface area contributed by atoms with Crippen LogP contribution in [0, 0.1) is 0 Å². The zero-order chi connectivity index (χ0) is 38.0. The highest BCUT2D eigenvalue weighted by Gasteiger charge is 2.18. The van der Waals surface area contributed by atoms with Crippen molar-refractivity contribution in [3.05, 3.63) is 24.3 Å². The maximum Gasteiger partial charge on any atom is 0.305 e. The Hall–Kier alpha value is -1.66. The topological polar surface area (TPSA) is 95.9 Å². The van der Waals surface area contributed by atoms with E-state index in [1.807, 2.05) is 6.08 Å². The lowest BCUT2D eigenvalue weighted by atomic mass is 10.0. The van der Waals surface area contributed by atoms with Crippen LogP contribution >= 0.6 is 0 Å². The van der Waals surface area contributed by atoms with Crippen LogP contribution in [0.5, 0.6) is 0 Å². The van der Waals surface area contributed by atoms with Crippen molar-refractivity contribution in [1.29, 1.82) is 0 Å². The van der Waals surface area contributed by atoms with Gasteiger partial charge in [-0.05, 0) is 57.8 Å². The van der Waals surface area contributed by atoms with Gasteiger partial charge in [0.1, 0.15) is 0 Å². The molecule has 0 aliphatic heterocycles. The quantitative estimate of drug-likeness (QED) is 0.0330. The van der Waals surface area contributed by atoms with Gasteiger partial charge in [-0.15, -0.1) is 0 Å². The Labute approximate surface area is 322 Å². The first-order chi connectivity index (χ1) is 25.5. The standard InChI is InChI=1S/C46H87NO5/c1-3-5-7-9-11-13-15-16-17-20-24-28-32-36-40-46(51)52-41-37-33-29-25-21-18-19-23-27-31-35-39-45(50)47-43(42-48)44(49)38-34-30-26-22-14-12-10-8-6-4-2/h21,25,34,38,43-44,48-49H,3-20,22-24,26-33,35-37,39-42H2,1-2H3,(H,47,50)/b25-21-,38-34+. The highest BCUT2D eigenvalue weighted by Crippen LogP contribution is 2.14. The normalized spacial score (nSPS) is 12.9. The lowest BCUT2D eigenvalue weighted by molar-refractivity contribution is -0.143. The predicted molar refractivity (Wildman–Crippen MR) is 223 cm³/mol. The van der Waals surface area contributed by atoms with Gasteiger partial charge in [0.2, 0.25) is 5.91 Å². The molecule has 306 valence electrons. The van der Waals surface area contributed by atoms with Gasteiger partial charge in [-0.3, -0.25) is 9.59 Å². The van der Waals surface area contributed by atoms with Crippen molar-refractivity contribution in [3.8, 4) is 0 Å². The number of allylic oxidation sites excluding steroid dienone is 3. The number of carbonyl (C=O) groups is 2. The van der Waals surface area contributed by atoms with Crippen LogP contribution in [0.25, 0.3) is 0 Å². The molecule has 6 heteroatoms. The van der Waals surface area contributed by atoms with Gasteiger partial charge in [-0.25, -0.2) is 0 Å². The van der Waals surface area contributed by atoms with E-state index in [1.165, 1.54) is 122 Å². The summed E-state index contributed by atoms with van der Waals surface area (Å²) in [6.45, 7) is 4.79. The molecule has 0 radical (unpaired) electrons. The lowest BCUT2D eigenvalue weighted by Gasteiger charge is -2.20. The fourth-order valence-corrected chi connectivity index (χ4v) is 6.68. The summed E-state index contributed by atoms with van der Waals surface area (Å²) in [5.74, 6) is -0.132. The Morgan fingerprint density at radius 3 is 1.37 bits per heavy atom. The number of unbranched alkanes of at least 4 members (excludes halogenated alkanes) is 28. The number of ether oxygens (including phenoxy) is 1. The SMILES string of the molecule is CCCCCCCCCC/C=C/C(O)C(CO)NC(=O)CCCCCCC/C=C\CCCCOC(=O)CCCCCCCCCCCCCCCC. The summed E-state index contributed by atoms with van der Waals surface area (Å²) < 4.78 is 5.42. The number of rotatable bonds is 41. The van der Waals surface area contributed by atoms with Gasteiger partial charge >= 0.3 is 5.97 Å². The molecule has 3 N–H and O–H groups in total. The minimum Gasteiger partial charge on any atom is -0.466 e. The zero-order valence-electron chi connectivity index (χ0n) is 34.5. The Kier molecular flexibility index (Phi) is 40.7. The third kappa shape index (κ3) is 38.1. The largest absolute Gasteiger partial charge is 0.466 e. The molecule has 0 rings (SSSR count). The summed E-state index contributed by atoms with van der Waals surface area (Å²) >= 11 is 0. The van der Waals surface area contributed by atoms with Crippen molar-refractivity contribution in [2.45, 2.75) is 244 Å². The number of aliphatic hydroxyl groups excluding tert-OH is 2. The van der Waals surface area contributed by atoms with Gasteiger partial charge in [-0.1, -0.05) is 186 Å². The van der Waals surface area contributed by atoms with E-state index in [4.69, 9.17) is 4.74 Å². The van der Waals surface area contributed by atoms with Crippen LogP contribution < -0.4 is 5.32 Å². The minimum atomic E-state index is -0.859. The van der Waals surface area contributed by atoms with Crippen molar-refractivity contribution in [2.75, 3.05) is 13.2 Å². The number of nitrogens with one attached hydrogen (secondary N) is 1. The van der Waals surface area contributed by atoms with E-state index in [-0.39, 0.29) is 18.5 Å². The van der Waals surface area contributed by atoms with E-state index in [0.29, 0.717) is 19.4 Å². The molecular weight excluding hydrogens is 647 g/mol. The number of hydrogen-bond donors (Lipinski definition) is 3. The third-order valence-electron chi connectivity index (χ3n) is 10.2. The van der Waals surface area contributed by atoms with Crippen LogP contribution in [0.3, 0.4) is 0 Å². The van der Waals surface area contributed by atoms with E-state index in [9.17, 15) is 19.8 Å². The van der Waals surface area contributed by atoms with Crippen LogP contribution in [0.2, 0.25) is 0 Å². The van der Waals surface area contributed by atoms with E-state index in [0.717, 1.165) is 83.5 Å². The van der Waals surface area contributed by atoms with Crippen LogP contribution in [-0.4, -0.2) is 47.4 Å². The number of amides is 1. The summed E-state index contributed by atoms with van der Waals surface area (Å²) in [6.07, 6.45) is 47.4. The highest BCUT2D eigenvalue weighted by atomic mass is 16.5. The highest BCUT2D eigenvalue weighted by molar-refractivity contribution is 5.76. The summed E-state index contributed by atoms with van der Waals surface area (Å²) in [7, 11) is 0. The molecule has 6 nitrogen and oxygen atoms in total. The van der Waals surface area contributed by atoms with Gasteiger partial charge in [-0.2, -0.15) is 0 Å². The molecule has 2 atom stereocenters. The summed E-state index contributed by atoms with van der Waals surface area (Å²) in [4.78, 5) is 24.3. The molecule has 0 spiro atoms. The van der Waals surface area contributed by atoms with E-state index in [1.54, 1.807) is 6.08 Å². The lowest BCUT2D eigenvalue weighted by Crippen LogP contribution is -2.45. The van der Waals surface area contributed by atoms with Gasteiger partial charge in [0.15, 0.2) is 0 Å². The number of aliphatic hydroxyl groups is 2. The first-order valence-electron chi connectivity index (χ1n) is 22.6. The Morgan fingerprint density at radius 1 is 0.519 bits per heavy atom. The number of esters is 1. The Morgan fingerprint density at radius 2 is 0.904 bits per heavy atom. The molecule has 52 heavy (non-hydrogen) atoms. The maximum atomic E-state index is 12.3. The monoisotopic (exact) mass is 734 g/mol. The zero-order valence-corrected chi connectivity index (χ0v) is 34.5. The van der Waals surface area contributed by atoms with Crippen LogP contribution in [0.1, 0.15) is 232 Å². The summed E-state index contributed by atoms with van der Waals surface area (Å²) in [6, 6.07) is -0.646. The molecule has 0 saturated heterocycles. The molecule has 0 aromatic carbocycles. The van der Waals surface area contributed by atoms with Crippen molar-refractivity contribution in [3.63, 3.8) is 0 Å². The van der Waals surface area contributed by atoms with Crippen LogP contribution in [0.4, 0.5) is 0 Å². The van der Waals surface area contributed by atoms with Crippen LogP contribution in [-0.2, 0) is 14.3 Å². The smallest absolute Gasteiger partial charge is 0.305 e. The third-order valence-corrected chi connectivity index (χ3v) is 10.2. The van der Waals surface area contributed by atoms with Crippen molar-refractivity contribution in [2.24, 2.45) is 0 Å². The second-order valence-electron chi connectivity index (χ2n) is 15.4. The van der Waals surface area contributed by atoms with Gasteiger partial charge < -0.3 is 20.3 Å². The van der Waals surface area contributed by atoms with Crippen LogP contribution in [0.15, 0.2) is 24.3 Å². The first-order valence-corrected chi connectivity index (χ1v) is 22.6. The molecule has 0 bridgehead atoms. The van der Waals surface area contributed by atoms with Gasteiger partial charge in [0.25, 0.3) is 0 Å².